The number of nitrogens with zero attached hydrogens (tertiary/aromatic N) is 1. The molecule has 0 bridgehead atoms. The summed E-state index contributed by atoms with van der Waals surface area (Å²) in [4.78, 5) is 0. The third-order valence-electron chi connectivity index (χ3n) is 4.10. The highest BCUT2D eigenvalue weighted by molar-refractivity contribution is 7.87. The highest BCUT2D eigenvalue weighted by atomic mass is 32.2. The molecule has 0 amide bonds. The third-order valence-corrected chi connectivity index (χ3v) is 5.79. The van der Waals surface area contributed by atoms with Crippen LogP contribution in [0.3, 0.4) is 0 Å². The van der Waals surface area contributed by atoms with Gasteiger partial charge in [0, 0.05) is 19.1 Å². The van der Waals surface area contributed by atoms with Gasteiger partial charge in [-0.15, -0.1) is 0 Å². The minimum Gasteiger partial charge on any atom is -0.375 e. The van der Waals surface area contributed by atoms with Crippen LogP contribution in [0, 0.1) is 5.92 Å². The van der Waals surface area contributed by atoms with Gasteiger partial charge in [0.2, 0.25) is 0 Å². The first-order valence-corrected chi connectivity index (χ1v) is 9.02. The Morgan fingerprint density at radius 3 is 2.90 bits per heavy atom. The fourth-order valence-electron chi connectivity index (χ4n) is 2.85. The molecule has 0 aromatic rings. The van der Waals surface area contributed by atoms with Crippen LogP contribution in [-0.4, -0.2) is 57.7 Å². The standard InChI is InChI=1S/C13H27N3O3S/c1-11-10-19-12(2)9-16(11)20(17,18)15-7-5-13-4-3-6-14-8-13/h11-15H,3-10H2,1-2H3/t11-,12+,13-/m0/s1. The van der Waals surface area contributed by atoms with Gasteiger partial charge in [-0.05, 0) is 52.1 Å². The van der Waals surface area contributed by atoms with E-state index in [2.05, 4.69) is 10.0 Å². The van der Waals surface area contributed by atoms with Crippen molar-refractivity contribution in [2.75, 3.05) is 32.8 Å². The highest BCUT2D eigenvalue weighted by Gasteiger charge is 2.32. The Bertz CT molecular complexity index is 396. The predicted molar refractivity (Wildman–Crippen MR) is 78.7 cm³/mol. The predicted octanol–water partition coefficient (Wildman–Crippen LogP) is 0.320. The van der Waals surface area contributed by atoms with Gasteiger partial charge in [-0.25, -0.2) is 4.72 Å². The second-order valence-corrected chi connectivity index (χ2v) is 7.67. The lowest BCUT2D eigenvalue weighted by Crippen LogP contribution is -2.54. The molecule has 2 heterocycles. The maximum absolute atomic E-state index is 12.3. The number of ether oxygens (including phenoxy) is 1. The molecule has 2 saturated heterocycles. The van der Waals surface area contributed by atoms with E-state index in [9.17, 15) is 8.42 Å². The van der Waals surface area contributed by atoms with Crippen molar-refractivity contribution in [3.8, 4) is 0 Å². The minimum atomic E-state index is -3.38. The van der Waals surface area contributed by atoms with Crippen molar-refractivity contribution < 1.29 is 13.2 Å². The molecular formula is C13H27N3O3S. The molecule has 0 aliphatic carbocycles. The number of nitrogens with one attached hydrogen (secondary N) is 2. The van der Waals surface area contributed by atoms with E-state index < -0.39 is 10.2 Å². The van der Waals surface area contributed by atoms with Crippen LogP contribution in [0.1, 0.15) is 33.1 Å². The molecule has 6 nitrogen and oxygen atoms in total. The topological polar surface area (TPSA) is 70.7 Å². The summed E-state index contributed by atoms with van der Waals surface area (Å²) >= 11 is 0. The maximum atomic E-state index is 12.3. The fraction of sp³-hybridized carbons (Fsp3) is 1.00. The summed E-state index contributed by atoms with van der Waals surface area (Å²) in [5.41, 5.74) is 0. The number of piperidine rings is 1. The zero-order valence-electron chi connectivity index (χ0n) is 12.5. The summed E-state index contributed by atoms with van der Waals surface area (Å²) < 4.78 is 34.4. The molecule has 2 fully saturated rings. The summed E-state index contributed by atoms with van der Waals surface area (Å²) in [7, 11) is -3.38. The quantitative estimate of drug-likeness (QED) is 0.767. The molecule has 2 N–H and O–H groups in total. The van der Waals surface area contributed by atoms with Gasteiger partial charge in [0.05, 0.1) is 12.7 Å². The number of rotatable bonds is 5. The van der Waals surface area contributed by atoms with Gasteiger partial charge < -0.3 is 10.1 Å². The van der Waals surface area contributed by atoms with Crippen molar-refractivity contribution in [2.24, 2.45) is 5.92 Å². The lowest BCUT2D eigenvalue weighted by atomic mass is 9.96. The summed E-state index contributed by atoms with van der Waals surface area (Å²) in [6, 6.07) is -0.0972. The SMILES string of the molecule is C[C@@H]1CN(S(=O)(=O)NCC[C@@H]2CCCNC2)[C@@H](C)CO1. The fourth-order valence-corrected chi connectivity index (χ4v) is 4.34. The largest absolute Gasteiger partial charge is 0.375 e. The van der Waals surface area contributed by atoms with Gasteiger partial charge in [-0.2, -0.15) is 12.7 Å². The summed E-state index contributed by atoms with van der Waals surface area (Å²) in [5.74, 6) is 0.590. The van der Waals surface area contributed by atoms with Crippen molar-refractivity contribution in [2.45, 2.75) is 45.3 Å². The molecular weight excluding hydrogens is 278 g/mol. The van der Waals surface area contributed by atoms with Crippen molar-refractivity contribution in [1.29, 1.82) is 0 Å². The lowest BCUT2D eigenvalue weighted by Gasteiger charge is -2.35. The second kappa shape index (κ2) is 7.17. The van der Waals surface area contributed by atoms with E-state index in [4.69, 9.17) is 4.74 Å². The monoisotopic (exact) mass is 305 g/mol. The highest BCUT2D eigenvalue weighted by Crippen LogP contribution is 2.16. The van der Waals surface area contributed by atoms with Gasteiger partial charge >= 0.3 is 0 Å². The van der Waals surface area contributed by atoms with Crippen LogP contribution < -0.4 is 10.0 Å². The molecule has 0 radical (unpaired) electrons. The van der Waals surface area contributed by atoms with Gasteiger partial charge in [0.25, 0.3) is 10.2 Å². The molecule has 0 unspecified atom stereocenters. The van der Waals surface area contributed by atoms with Gasteiger partial charge in [-0.3, -0.25) is 0 Å². The molecule has 7 heteroatoms. The smallest absolute Gasteiger partial charge is 0.279 e. The number of morpholine rings is 1. The molecule has 0 spiro atoms. The molecule has 3 atom stereocenters. The molecule has 0 aromatic carbocycles. The second-order valence-electron chi connectivity index (χ2n) is 5.96. The first-order chi connectivity index (χ1) is 9.49. The Balaban J connectivity index is 1.80. The van der Waals surface area contributed by atoms with E-state index in [-0.39, 0.29) is 12.1 Å². The van der Waals surface area contributed by atoms with Crippen molar-refractivity contribution >= 4 is 10.2 Å². The number of hydrogen-bond donors (Lipinski definition) is 2. The van der Waals surface area contributed by atoms with Gasteiger partial charge in [-0.1, -0.05) is 0 Å². The van der Waals surface area contributed by atoms with Crippen LogP contribution in [-0.2, 0) is 14.9 Å². The van der Waals surface area contributed by atoms with Crippen LogP contribution in [0.5, 0.6) is 0 Å². The normalized spacial score (nSPS) is 33.2. The molecule has 2 rings (SSSR count). The first-order valence-electron chi connectivity index (χ1n) is 7.58. The molecule has 2 aliphatic heterocycles. The van der Waals surface area contributed by atoms with Crippen LogP contribution in [0.4, 0.5) is 0 Å². The molecule has 20 heavy (non-hydrogen) atoms. The van der Waals surface area contributed by atoms with Crippen LogP contribution >= 0.6 is 0 Å². The van der Waals surface area contributed by atoms with E-state index in [1.165, 1.54) is 17.1 Å². The zero-order valence-corrected chi connectivity index (χ0v) is 13.3. The Labute approximate surface area is 122 Å². The van der Waals surface area contributed by atoms with Crippen molar-refractivity contribution in [1.82, 2.24) is 14.3 Å². The summed E-state index contributed by atoms with van der Waals surface area (Å²) in [6.07, 6.45) is 3.25. The maximum Gasteiger partial charge on any atom is 0.279 e. The minimum absolute atomic E-state index is 0.0367. The molecule has 118 valence electrons. The Kier molecular flexibility index (Phi) is 5.80. The summed E-state index contributed by atoms with van der Waals surface area (Å²) in [5, 5.41) is 3.35. The molecule has 0 aromatic heterocycles. The van der Waals surface area contributed by atoms with Crippen LogP contribution in [0.2, 0.25) is 0 Å². The average Bonchev–Trinajstić information content (AvgIpc) is 2.42. The van der Waals surface area contributed by atoms with Crippen molar-refractivity contribution in [3.05, 3.63) is 0 Å². The summed E-state index contributed by atoms with van der Waals surface area (Å²) in [6.45, 7) is 7.31. The van der Waals surface area contributed by atoms with E-state index in [1.54, 1.807) is 0 Å². The van der Waals surface area contributed by atoms with Gasteiger partial charge in [0.15, 0.2) is 0 Å². The van der Waals surface area contributed by atoms with Crippen molar-refractivity contribution in [3.63, 3.8) is 0 Å². The third kappa shape index (κ3) is 4.39. The number of hydrogen-bond acceptors (Lipinski definition) is 4. The Morgan fingerprint density at radius 2 is 2.20 bits per heavy atom. The van der Waals surface area contributed by atoms with Crippen LogP contribution in [0.25, 0.3) is 0 Å². The van der Waals surface area contributed by atoms with Gasteiger partial charge in [0.1, 0.15) is 0 Å². The zero-order chi connectivity index (χ0) is 14.6. The average molecular weight is 305 g/mol. The molecule has 2 aliphatic rings. The molecule has 0 saturated carbocycles. The van der Waals surface area contributed by atoms with E-state index in [1.807, 2.05) is 13.8 Å². The Morgan fingerprint density at radius 1 is 1.40 bits per heavy atom. The van der Waals surface area contributed by atoms with Crippen LogP contribution in [0.15, 0.2) is 0 Å². The first kappa shape index (κ1) is 16.2. The van der Waals surface area contributed by atoms with E-state index in [0.29, 0.717) is 25.6 Å². The lowest BCUT2D eigenvalue weighted by molar-refractivity contribution is -0.0175. The Hall–Kier alpha value is -0.210. The van der Waals surface area contributed by atoms with E-state index in [0.717, 1.165) is 19.5 Å². The van der Waals surface area contributed by atoms with E-state index >= 15 is 0 Å².